The van der Waals surface area contributed by atoms with Gasteiger partial charge in [0.2, 0.25) is 5.91 Å². The Morgan fingerprint density at radius 2 is 2.11 bits per heavy atom. The van der Waals surface area contributed by atoms with Crippen molar-refractivity contribution >= 4 is 67.4 Å². The van der Waals surface area contributed by atoms with Gasteiger partial charge in [-0.2, -0.15) is 4.99 Å². The van der Waals surface area contributed by atoms with E-state index >= 15 is 0 Å². The minimum atomic E-state index is -0.398. The van der Waals surface area contributed by atoms with E-state index in [4.69, 9.17) is 11.2 Å². The minimum absolute atomic E-state index is 0.0555. The third-order valence-corrected chi connectivity index (χ3v) is 9.14. The molecule has 10 heteroatoms. The summed E-state index contributed by atoms with van der Waals surface area (Å²) in [6, 6.07) is 6.03. The molecule has 0 spiro atoms. The van der Waals surface area contributed by atoms with Crippen LogP contribution in [0.25, 0.3) is 10.2 Å². The highest BCUT2D eigenvalue weighted by Crippen LogP contribution is 2.40. The van der Waals surface area contributed by atoms with Gasteiger partial charge in [-0.05, 0) is 62.3 Å². The first kappa shape index (κ1) is 27.2. The highest BCUT2D eigenvalue weighted by Gasteiger charge is 2.29. The van der Waals surface area contributed by atoms with Gasteiger partial charge >= 0.3 is 5.97 Å². The Hall–Kier alpha value is -2.87. The van der Waals surface area contributed by atoms with Crippen molar-refractivity contribution in [3.63, 3.8) is 0 Å². The van der Waals surface area contributed by atoms with Crippen molar-refractivity contribution in [1.82, 2.24) is 4.57 Å². The molecule has 1 unspecified atom stereocenters. The summed E-state index contributed by atoms with van der Waals surface area (Å²) >= 11 is 4.06. The number of thioether (sulfide) groups is 1. The van der Waals surface area contributed by atoms with Gasteiger partial charge in [0.25, 0.3) is 5.91 Å². The van der Waals surface area contributed by atoms with Crippen molar-refractivity contribution in [2.24, 2.45) is 10.9 Å². The average molecular weight is 556 g/mol. The Morgan fingerprint density at radius 3 is 2.86 bits per heavy atom. The van der Waals surface area contributed by atoms with Crippen molar-refractivity contribution in [3.05, 3.63) is 44.6 Å². The average Bonchev–Trinajstić information content (AvgIpc) is 3.35. The maximum absolute atomic E-state index is 12.7. The highest BCUT2D eigenvalue weighted by molar-refractivity contribution is 8.00. The number of rotatable bonds is 8. The van der Waals surface area contributed by atoms with E-state index in [-0.39, 0.29) is 29.9 Å². The molecule has 0 saturated heterocycles. The molecule has 1 aliphatic carbocycles. The molecule has 0 saturated carbocycles. The number of hydrogen-bond donors (Lipinski definition) is 1. The highest BCUT2D eigenvalue weighted by atomic mass is 32.2. The van der Waals surface area contributed by atoms with Gasteiger partial charge in [-0.15, -0.1) is 29.5 Å². The van der Waals surface area contributed by atoms with E-state index in [1.807, 2.05) is 29.7 Å². The molecule has 2 heterocycles. The van der Waals surface area contributed by atoms with Gasteiger partial charge in [0, 0.05) is 4.88 Å². The zero-order chi connectivity index (χ0) is 26.5. The number of esters is 1. The van der Waals surface area contributed by atoms with Gasteiger partial charge in [0.05, 0.1) is 40.4 Å². The monoisotopic (exact) mass is 555 g/mol. The summed E-state index contributed by atoms with van der Waals surface area (Å²) in [5, 5.41) is 3.42. The molecule has 7 nitrogen and oxygen atoms in total. The first-order valence-electron chi connectivity index (χ1n) is 12.1. The van der Waals surface area contributed by atoms with E-state index in [0.717, 1.165) is 45.5 Å². The van der Waals surface area contributed by atoms with Gasteiger partial charge in [-0.1, -0.05) is 30.2 Å². The Kier molecular flexibility index (Phi) is 8.90. The van der Waals surface area contributed by atoms with E-state index in [2.05, 4.69) is 23.2 Å². The third-order valence-electron chi connectivity index (χ3n) is 6.01. The van der Waals surface area contributed by atoms with Crippen LogP contribution in [-0.2, 0) is 33.7 Å². The number of anilines is 1. The molecular formula is C27H29N3O4S3. The third kappa shape index (κ3) is 6.35. The number of benzene rings is 1. The second kappa shape index (κ2) is 12.1. The first-order valence-corrected chi connectivity index (χ1v) is 14.9. The molecule has 4 rings (SSSR count). The van der Waals surface area contributed by atoms with Crippen LogP contribution in [0.15, 0.2) is 23.2 Å². The van der Waals surface area contributed by atoms with Crippen LogP contribution in [0.1, 0.15) is 46.6 Å². The molecule has 0 radical (unpaired) electrons. The van der Waals surface area contributed by atoms with Crippen LogP contribution in [0.3, 0.4) is 0 Å². The number of hydrogen-bond acceptors (Lipinski definition) is 7. The summed E-state index contributed by atoms with van der Waals surface area (Å²) in [7, 11) is 0. The van der Waals surface area contributed by atoms with Crippen LogP contribution in [0, 0.1) is 25.2 Å². The second-order valence-corrected chi connectivity index (χ2v) is 12.1. The lowest BCUT2D eigenvalue weighted by molar-refractivity contribution is -0.115. The molecule has 1 atom stereocenters. The molecule has 1 aromatic carbocycles. The summed E-state index contributed by atoms with van der Waals surface area (Å²) in [5.41, 5.74) is 3.54. The number of thiazole rings is 1. The predicted molar refractivity (Wildman–Crippen MR) is 151 cm³/mol. The van der Waals surface area contributed by atoms with Crippen LogP contribution in [0.2, 0.25) is 0 Å². The number of carbonyl (C=O) groups is 3. The molecule has 0 fully saturated rings. The van der Waals surface area contributed by atoms with Crippen LogP contribution >= 0.6 is 34.4 Å². The fraction of sp³-hybridized carbons (Fsp3) is 0.407. The van der Waals surface area contributed by atoms with Crippen LogP contribution in [0.4, 0.5) is 5.00 Å². The normalized spacial score (nSPS) is 15.3. The number of nitrogens with one attached hydrogen (secondary N) is 1. The molecule has 2 amide bonds. The van der Waals surface area contributed by atoms with Crippen molar-refractivity contribution in [2.45, 2.75) is 46.6 Å². The number of thiophene rings is 1. The van der Waals surface area contributed by atoms with Gasteiger partial charge in [0.15, 0.2) is 4.80 Å². The SMILES string of the molecule is C#CCn1c(=NC(=O)CSCC(=O)Nc2sc3c(c2C(=O)OCC)CCC(C)C3)sc2cc(C)ccc21. The van der Waals surface area contributed by atoms with E-state index in [9.17, 15) is 14.4 Å². The molecule has 0 bridgehead atoms. The topological polar surface area (TPSA) is 89.8 Å². The van der Waals surface area contributed by atoms with Crippen LogP contribution in [0.5, 0.6) is 0 Å². The zero-order valence-electron chi connectivity index (χ0n) is 21.1. The lowest BCUT2D eigenvalue weighted by Gasteiger charge is -2.18. The predicted octanol–water partition coefficient (Wildman–Crippen LogP) is 4.81. The fourth-order valence-corrected chi connectivity index (χ4v) is 7.46. The number of aryl methyl sites for hydroxylation is 1. The maximum Gasteiger partial charge on any atom is 0.341 e. The van der Waals surface area contributed by atoms with E-state index in [1.165, 1.54) is 34.4 Å². The molecule has 3 aromatic rings. The van der Waals surface area contributed by atoms with Gasteiger partial charge < -0.3 is 14.6 Å². The Bertz CT molecular complexity index is 1460. The molecule has 1 N–H and O–H groups in total. The lowest BCUT2D eigenvalue weighted by Crippen LogP contribution is -2.19. The fourth-order valence-electron chi connectivity index (χ4n) is 4.30. The maximum atomic E-state index is 12.7. The summed E-state index contributed by atoms with van der Waals surface area (Å²) in [5.74, 6) is 2.28. The lowest BCUT2D eigenvalue weighted by atomic mass is 9.88. The van der Waals surface area contributed by atoms with E-state index < -0.39 is 5.97 Å². The summed E-state index contributed by atoms with van der Waals surface area (Å²) in [4.78, 5) is 43.9. The number of aromatic nitrogens is 1. The first-order chi connectivity index (χ1) is 17.8. The van der Waals surface area contributed by atoms with Gasteiger partial charge in [-0.3, -0.25) is 9.59 Å². The van der Waals surface area contributed by atoms with Crippen molar-refractivity contribution in [1.29, 1.82) is 0 Å². The van der Waals surface area contributed by atoms with Gasteiger partial charge in [0.1, 0.15) is 5.00 Å². The quantitative estimate of drug-likeness (QED) is 0.318. The summed E-state index contributed by atoms with van der Waals surface area (Å²) < 4.78 is 8.13. The molecule has 37 heavy (non-hydrogen) atoms. The Morgan fingerprint density at radius 1 is 1.30 bits per heavy atom. The molecule has 194 valence electrons. The number of ether oxygens (including phenoxy) is 1. The molecule has 2 aromatic heterocycles. The van der Waals surface area contributed by atoms with Crippen LogP contribution < -0.4 is 10.1 Å². The Labute approximate surface area is 228 Å². The molecular weight excluding hydrogens is 527 g/mol. The summed E-state index contributed by atoms with van der Waals surface area (Å²) in [6.07, 6.45) is 8.24. The van der Waals surface area contributed by atoms with E-state index in [0.29, 0.717) is 27.8 Å². The largest absolute Gasteiger partial charge is 0.462 e. The number of carbonyl (C=O) groups excluding carboxylic acids is 3. The Balaban J connectivity index is 1.42. The van der Waals surface area contributed by atoms with Crippen molar-refractivity contribution in [3.8, 4) is 12.3 Å². The second-order valence-electron chi connectivity index (χ2n) is 8.97. The number of fused-ring (bicyclic) bond motifs is 2. The van der Waals surface area contributed by atoms with Crippen molar-refractivity contribution in [2.75, 3.05) is 23.4 Å². The number of terminal acetylenes is 1. The van der Waals surface area contributed by atoms with Crippen LogP contribution in [-0.4, -0.2) is 40.5 Å². The molecule has 1 aliphatic rings. The standard InChI is InChI=1S/C27H29N3O4S3/c1-5-11-30-19-10-8-17(4)13-21(19)37-27(30)29-23(32)15-35-14-22(31)28-25-24(26(33)34-6-2)18-9-7-16(3)12-20(18)36-25/h1,8,10,13,16H,6-7,9,11-12,14-15H2,2-4H3,(H,28,31). The van der Waals surface area contributed by atoms with Gasteiger partial charge in [-0.25, -0.2) is 4.79 Å². The molecule has 0 aliphatic heterocycles. The smallest absolute Gasteiger partial charge is 0.341 e. The number of nitrogens with zero attached hydrogens (tertiary/aromatic N) is 2. The van der Waals surface area contributed by atoms with E-state index in [1.54, 1.807) is 6.92 Å². The number of amides is 2. The zero-order valence-corrected chi connectivity index (χ0v) is 23.5. The minimum Gasteiger partial charge on any atom is -0.462 e. The van der Waals surface area contributed by atoms with Crippen molar-refractivity contribution < 1.29 is 19.1 Å². The summed E-state index contributed by atoms with van der Waals surface area (Å²) in [6.45, 7) is 6.56.